The van der Waals surface area contributed by atoms with Crippen LogP contribution in [0.5, 0.6) is 0 Å². The average molecular weight is 638 g/mol. The van der Waals surface area contributed by atoms with Crippen molar-refractivity contribution in [3.63, 3.8) is 0 Å². The summed E-state index contributed by atoms with van der Waals surface area (Å²) in [5.41, 5.74) is 3.76. The number of hydrogen-bond donors (Lipinski definition) is 1. The van der Waals surface area contributed by atoms with E-state index in [4.69, 9.17) is 0 Å². The first-order valence-electron chi connectivity index (χ1n) is 15.3. The second-order valence-corrected chi connectivity index (χ2v) is 12.7. The molecule has 1 aliphatic rings. The van der Waals surface area contributed by atoms with Crippen LogP contribution < -0.4 is 10.9 Å². The van der Waals surface area contributed by atoms with E-state index in [9.17, 15) is 22.8 Å². The summed E-state index contributed by atoms with van der Waals surface area (Å²) in [4.78, 5) is 39.1. The maximum Gasteiger partial charge on any atom is 0.433 e. The summed E-state index contributed by atoms with van der Waals surface area (Å²) in [6.07, 6.45) is -1.51. The Morgan fingerprint density at radius 2 is 1.84 bits per heavy atom. The molecule has 1 aliphatic heterocycles. The fourth-order valence-corrected chi connectivity index (χ4v) is 6.68. The molecule has 0 spiro atoms. The molecule has 0 bridgehead atoms. The van der Waals surface area contributed by atoms with E-state index >= 15 is 0 Å². The molecule has 1 atom stereocenters. The van der Waals surface area contributed by atoms with Gasteiger partial charge in [-0.15, -0.1) is 11.3 Å². The number of carbonyl (C=O) groups excluding carboxylic acids is 1. The minimum absolute atomic E-state index is 0.132. The first-order valence-corrected chi connectivity index (χ1v) is 16.2. The Labute approximate surface area is 265 Å². The van der Waals surface area contributed by atoms with Crippen LogP contribution in [0.25, 0.3) is 27.5 Å². The van der Waals surface area contributed by atoms with Gasteiger partial charge in [-0.3, -0.25) is 19.1 Å². The number of aryl methyl sites for hydroxylation is 2. The van der Waals surface area contributed by atoms with E-state index in [0.29, 0.717) is 66.4 Å². The third kappa shape index (κ3) is 6.74. The lowest BCUT2D eigenvalue weighted by Gasteiger charge is -2.33. The van der Waals surface area contributed by atoms with Gasteiger partial charge in [-0.05, 0) is 61.4 Å². The molecule has 3 aromatic heterocycles. The highest BCUT2D eigenvalue weighted by molar-refractivity contribution is 7.13. The zero-order chi connectivity index (χ0) is 32.5. The molecular formula is C34H38F3N5O2S. The molecule has 4 heterocycles. The van der Waals surface area contributed by atoms with E-state index in [1.54, 1.807) is 16.0 Å². The zero-order valence-corrected chi connectivity index (χ0v) is 27.0. The normalized spacial score (nSPS) is 15.6. The number of hydrogen-bond acceptors (Lipinski definition) is 6. The number of amides is 1. The van der Waals surface area contributed by atoms with E-state index < -0.39 is 11.9 Å². The smallest absolute Gasteiger partial charge is 0.336 e. The standard InChI is InChI=1S/C34H38F3N5O2S/c1-6-22-9-8-10-23(7-2)30(22)42-28(15-20(3)4)25(32(43)41-14-13-38-21(5)18-41)16-26(33(42)44)31-40-27(19-45-31)24-11-12-29(39-17-24)34(35,36)37/h8-12,16-17,19-21,38H,6-7,13-15,18H2,1-5H3/t21-/m0/s1. The first kappa shape index (κ1) is 32.6. The summed E-state index contributed by atoms with van der Waals surface area (Å²) in [7, 11) is 0. The van der Waals surface area contributed by atoms with Gasteiger partial charge in [-0.2, -0.15) is 13.2 Å². The van der Waals surface area contributed by atoms with Crippen molar-refractivity contribution in [3.05, 3.63) is 86.4 Å². The van der Waals surface area contributed by atoms with Crippen LogP contribution in [0, 0.1) is 5.92 Å². The van der Waals surface area contributed by atoms with Crippen molar-refractivity contribution in [3.8, 4) is 27.5 Å². The van der Waals surface area contributed by atoms with E-state index in [2.05, 4.69) is 43.0 Å². The Hall–Kier alpha value is -3.83. The summed E-state index contributed by atoms with van der Waals surface area (Å²) in [6, 6.07) is 10.1. The number of piperazine rings is 1. The van der Waals surface area contributed by atoms with Gasteiger partial charge in [-0.25, -0.2) is 4.98 Å². The Balaban J connectivity index is 1.75. The third-order valence-electron chi connectivity index (χ3n) is 8.06. The summed E-state index contributed by atoms with van der Waals surface area (Å²) in [5, 5.41) is 5.46. The highest BCUT2D eigenvalue weighted by atomic mass is 32.1. The van der Waals surface area contributed by atoms with Crippen LogP contribution in [-0.2, 0) is 25.4 Å². The number of thiazole rings is 1. The molecule has 4 aromatic rings. The van der Waals surface area contributed by atoms with E-state index in [-0.39, 0.29) is 29.0 Å². The molecule has 0 radical (unpaired) electrons. The molecule has 45 heavy (non-hydrogen) atoms. The SMILES string of the molecule is CCc1cccc(CC)c1-n1c(CC(C)C)c(C(=O)N2CCN[C@@H](C)C2)cc(-c2nc(-c3ccc(C(F)(F)F)nc3)cs2)c1=O. The van der Waals surface area contributed by atoms with E-state index in [1.807, 2.05) is 30.0 Å². The lowest BCUT2D eigenvalue weighted by molar-refractivity contribution is -0.141. The highest BCUT2D eigenvalue weighted by Crippen LogP contribution is 2.33. The fraction of sp³-hybridized carbons (Fsp3) is 0.412. The van der Waals surface area contributed by atoms with Crippen molar-refractivity contribution in [1.82, 2.24) is 24.8 Å². The molecule has 1 amide bonds. The third-order valence-corrected chi connectivity index (χ3v) is 8.94. The van der Waals surface area contributed by atoms with E-state index in [0.717, 1.165) is 29.1 Å². The van der Waals surface area contributed by atoms with Crippen molar-refractivity contribution in [2.45, 2.75) is 66.1 Å². The number of nitrogens with zero attached hydrogens (tertiary/aromatic N) is 4. The quantitative estimate of drug-likeness (QED) is 0.230. The van der Waals surface area contributed by atoms with Crippen molar-refractivity contribution in [2.75, 3.05) is 19.6 Å². The van der Waals surface area contributed by atoms with Crippen LogP contribution in [0.15, 0.2) is 52.8 Å². The van der Waals surface area contributed by atoms with Crippen molar-refractivity contribution >= 4 is 17.2 Å². The number of halogens is 3. The second-order valence-electron chi connectivity index (χ2n) is 11.9. The maximum absolute atomic E-state index is 14.7. The van der Waals surface area contributed by atoms with Crippen LogP contribution in [0.2, 0.25) is 0 Å². The number of para-hydroxylation sites is 1. The predicted molar refractivity (Wildman–Crippen MR) is 172 cm³/mol. The van der Waals surface area contributed by atoms with Gasteiger partial charge in [0.15, 0.2) is 0 Å². The number of benzene rings is 1. The molecule has 1 saturated heterocycles. The van der Waals surface area contributed by atoms with Gasteiger partial charge in [0.1, 0.15) is 10.7 Å². The molecule has 1 N–H and O–H groups in total. The van der Waals surface area contributed by atoms with Crippen LogP contribution in [0.1, 0.15) is 67.5 Å². The minimum Gasteiger partial charge on any atom is -0.336 e. The predicted octanol–water partition coefficient (Wildman–Crippen LogP) is 6.80. The van der Waals surface area contributed by atoms with Gasteiger partial charge in [0.2, 0.25) is 0 Å². The molecule has 0 saturated carbocycles. The second kappa shape index (κ2) is 13.3. The Morgan fingerprint density at radius 1 is 1.13 bits per heavy atom. The van der Waals surface area contributed by atoms with Gasteiger partial charge in [0.25, 0.3) is 11.5 Å². The number of pyridine rings is 2. The molecule has 238 valence electrons. The van der Waals surface area contributed by atoms with Crippen molar-refractivity contribution in [1.29, 1.82) is 0 Å². The maximum atomic E-state index is 14.7. The number of nitrogens with one attached hydrogen (secondary N) is 1. The molecular weight excluding hydrogens is 599 g/mol. The van der Waals surface area contributed by atoms with Gasteiger partial charge in [0, 0.05) is 48.5 Å². The van der Waals surface area contributed by atoms with Crippen molar-refractivity contribution < 1.29 is 18.0 Å². The molecule has 0 unspecified atom stereocenters. The summed E-state index contributed by atoms with van der Waals surface area (Å²) < 4.78 is 41.0. The van der Waals surface area contributed by atoms with Gasteiger partial charge in [-0.1, -0.05) is 45.9 Å². The summed E-state index contributed by atoms with van der Waals surface area (Å²) in [6.45, 7) is 12.1. The first-order chi connectivity index (χ1) is 21.4. The zero-order valence-electron chi connectivity index (χ0n) is 26.2. The number of alkyl halides is 3. The van der Waals surface area contributed by atoms with Crippen LogP contribution in [0.4, 0.5) is 13.2 Å². The average Bonchev–Trinajstić information content (AvgIpc) is 3.50. The topological polar surface area (TPSA) is 80.1 Å². The lowest BCUT2D eigenvalue weighted by Crippen LogP contribution is -2.51. The molecule has 11 heteroatoms. The number of carbonyl (C=O) groups is 1. The van der Waals surface area contributed by atoms with Gasteiger partial charge in [0.05, 0.1) is 22.5 Å². The monoisotopic (exact) mass is 637 g/mol. The van der Waals surface area contributed by atoms with Crippen molar-refractivity contribution in [2.24, 2.45) is 5.92 Å². The summed E-state index contributed by atoms with van der Waals surface area (Å²) >= 11 is 1.21. The largest absolute Gasteiger partial charge is 0.433 e. The fourth-order valence-electron chi connectivity index (χ4n) is 5.85. The molecule has 0 aliphatic carbocycles. The number of aromatic nitrogens is 3. The van der Waals surface area contributed by atoms with E-state index in [1.165, 1.54) is 17.4 Å². The Bertz CT molecular complexity index is 1720. The Kier molecular flexibility index (Phi) is 9.60. The van der Waals surface area contributed by atoms with Crippen LogP contribution in [-0.4, -0.2) is 51.0 Å². The Morgan fingerprint density at radius 3 is 2.42 bits per heavy atom. The van der Waals surface area contributed by atoms with Crippen LogP contribution in [0.3, 0.4) is 0 Å². The molecule has 1 aromatic carbocycles. The lowest BCUT2D eigenvalue weighted by atomic mass is 9.96. The molecule has 1 fully saturated rings. The minimum atomic E-state index is -4.55. The molecule has 7 nitrogen and oxygen atoms in total. The summed E-state index contributed by atoms with van der Waals surface area (Å²) in [5.74, 6) is 0.0252. The molecule has 5 rings (SSSR count). The highest BCUT2D eigenvalue weighted by Gasteiger charge is 2.32. The van der Waals surface area contributed by atoms with Crippen LogP contribution >= 0.6 is 11.3 Å². The van der Waals surface area contributed by atoms with Gasteiger partial charge >= 0.3 is 6.18 Å². The number of rotatable bonds is 8. The van der Waals surface area contributed by atoms with Gasteiger partial charge < -0.3 is 10.2 Å².